The van der Waals surface area contributed by atoms with Gasteiger partial charge in [-0.15, -0.1) is 0 Å². The summed E-state index contributed by atoms with van der Waals surface area (Å²) in [4.78, 5) is 35.9. The van der Waals surface area contributed by atoms with Crippen LogP contribution in [0.2, 0.25) is 0 Å². The number of hydrogen-bond donors (Lipinski definition) is 1. The van der Waals surface area contributed by atoms with E-state index in [0.29, 0.717) is 28.1 Å². The Balaban J connectivity index is 1.79. The van der Waals surface area contributed by atoms with Gasteiger partial charge < -0.3 is 10.2 Å². The van der Waals surface area contributed by atoms with Gasteiger partial charge >= 0.3 is 0 Å². The van der Waals surface area contributed by atoms with E-state index < -0.39 is 0 Å². The average molecular weight is 494 g/mol. The summed E-state index contributed by atoms with van der Waals surface area (Å²) in [6.07, 6.45) is 1.05. The lowest BCUT2D eigenvalue weighted by molar-refractivity contribution is -0.122. The molecule has 3 aromatic rings. The van der Waals surface area contributed by atoms with Crippen molar-refractivity contribution in [3.05, 3.63) is 58.1 Å². The second kappa shape index (κ2) is 10.8. The summed E-state index contributed by atoms with van der Waals surface area (Å²) < 4.78 is 15.8. The van der Waals surface area contributed by atoms with Gasteiger partial charge in [-0.25, -0.2) is 9.37 Å². The standard InChI is InChI=1S/C28H36FN5O2/c1-18(2)30-26(35)17-34-27(21-8-7-20(5)24(29)15-21)31-25-10-9-22(16-23(25)28(34)36)33-12-6-11-32(13-14-33)19(3)4/h7-10,15-16,18-19H,6,11-14,17H2,1-5H3,(H,30,35). The first kappa shape index (κ1) is 25.8. The lowest BCUT2D eigenvalue weighted by Crippen LogP contribution is -2.37. The third-order valence-electron chi connectivity index (χ3n) is 6.75. The molecule has 0 bridgehead atoms. The maximum absolute atomic E-state index is 14.4. The molecule has 4 rings (SSSR count). The number of carbonyl (C=O) groups excluding carboxylic acids is 1. The fraction of sp³-hybridized carbons (Fsp3) is 0.464. The molecule has 2 aromatic carbocycles. The molecule has 8 heteroatoms. The number of anilines is 1. The summed E-state index contributed by atoms with van der Waals surface area (Å²) in [7, 11) is 0. The van der Waals surface area contributed by atoms with Crippen LogP contribution >= 0.6 is 0 Å². The molecule has 0 unspecified atom stereocenters. The number of aromatic nitrogens is 2. The Morgan fingerprint density at radius 2 is 1.83 bits per heavy atom. The third-order valence-corrected chi connectivity index (χ3v) is 6.75. The zero-order valence-electron chi connectivity index (χ0n) is 21.8. The van der Waals surface area contributed by atoms with Crippen molar-refractivity contribution in [3.8, 4) is 11.4 Å². The minimum atomic E-state index is -0.382. The molecular formula is C28H36FN5O2. The smallest absolute Gasteiger partial charge is 0.262 e. The van der Waals surface area contributed by atoms with Crippen molar-refractivity contribution in [1.82, 2.24) is 19.8 Å². The van der Waals surface area contributed by atoms with Crippen LogP contribution in [0.3, 0.4) is 0 Å². The maximum atomic E-state index is 14.4. The Labute approximate surface area is 211 Å². The molecule has 0 radical (unpaired) electrons. The molecule has 36 heavy (non-hydrogen) atoms. The van der Waals surface area contributed by atoms with Gasteiger partial charge in [-0.2, -0.15) is 0 Å². The van der Waals surface area contributed by atoms with Gasteiger partial charge in [-0.05, 0) is 70.9 Å². The average Bonchev–Trinajstić information content (AvgIpc) is 3.08. The molecule has 2 heterocycles. The van der Waals surface area contributed by atoms with Crippen molar-refractivity contribution >= 4 is 22.5 Å². The normalized spacial score (nSPS) is 15.1. The van der Waals surface area contributed by atoms with Crippen LogP contribution in [0.25, 0.3) is 22.3 Å². The third kappa shape index (κ3) is 5.59. The van der Waals surface area contributed by atoms with Gasteiger partial charge in [0, 0.05) is 49.5 Å². The number of carbonyl (C=O) groups is 1. The van der Waals surface area contributed by atoms with Gasteiger partial charge in [0.15, 0.2) is 0 Å². The number of hydrogen-bond acceptors (Lipinski definition) is 5. The zero-order chi connectivity index (χ0) is 26.0. The van der Waals surface area contributed by atoms with E-state index in [2.05, 4.69) is 29.0 Å². The molecule has 1 aliphatic heterocycles. The van der Waals surface area contributed by atoms with Crippen molar-refractivity contribution in [2.45, 2.75) is 59.7 Å². The van der Waals surface area contributed by atoms with Gasteiger partial charge in [-0.3, -0.25) is 19.1 Å². The van der Waals surface area contributed by atoms with Gasteiger partial charge in [-0.1, -0.05) is 12.1 Å². The molecule has 0 atom stereocenters. The van der Waals surface area contributed by atoms with Crippen LogP contribution in [0.15, 0.2) is 41.2 Å². The van der Waals surface area contributed by atoms with E-state index in [1.165, 1.54) is 10.6 Å². The van der Waals surface area contributed by atoms with Crippen LogP contribution in [0, 0.1) is 12.7 Å². The number of nitrogens with one attached hydrogen (secondary N) is 1. The highest BCUT2D eigenvalue weighted by Gasteiger charge is 2.20. The number of amides is 1. The summed E-state index contributed by atoms with van der Waals surface area (Å²) in [5.74, 6) is -0.396. The summed E-state index contributed by atoms with van der Waals surface area (Å²) in [6, 6.07) is 10.9. The van der Waals surface area contributed by atoms with Crippen LogP contribution in [0.1, 0.15) is 39.7 Å². The molecule has 1 amide bonds. The van der Waals surface area contributed by atoms with Crippen LogP contribution in [-0.4, -0.2) is 58.6 Å². The summed E-state index contributed by atoms with van der Waals surface area (Å²) in [6.45, 7) is 13.5. The molecule has 1 aromatic heterocycles. The molecule has 1 aliphatic rings. The van der Waals surface area contributed by atoms with Crippen molar-refractivity contribution in [3.63, 3.8) is 0 Å². The summed E-state index contributed by atoms with van der Waals surface area (Å²) in [5, 5.41) is 3.29. The Bertz CT molecular complexity index is 1320. The van der Waals surface area contributed by atoms with Crippen LogP contribution < -0.4 is 15.8 Å². The highest BCUT2D eigenvalue weighted by Crippen LogP contribution is 2.25. The molecule has 1 saturated heterocycles. The van der Waals surface area contributed by atoms with Crippen LogP contribution in [0.4, 0.5) is 10.1 Å². The SMILES string of the molecule is Cc1ccc(-c2nc3ccc(N4CCCN(C(C)C)CC4)cc3c(=O)n2CC(=O)NC(C)C)cc1F. The molecule has 192 valence electrons. The quantitative estimate of drug-likeness (QED) is 0.563. The van der Waals surface area contributed by atoms with Crippen molar-refractivity contribution in [1.29, 1.82) is 0 Å². The Morgan fingerprint density at radius 3 is 2.53 bits per heavy atom. The van der Waals surface area contributed by atoms with Gasteiger partial charge in [0.25, 0.3) is 5.56 Å². The maximum Gasteiger partial charge on any atom is 0.262 e. The Kier molecular flexibility index (Phi) is 7.73. The van der Waals surface area contributed by atoms with Gasteiger partial charge in [0.2, 0.25) is 5.91 Å². The molecule has 0 aliphatic carbocycles. The van der Waals surface area contributed by atoms with Crippen LogP contribution in [0.5, 0.6) is 0 Å². The van der Waals surface area contributed by atoms with E-state index in [1.54, 1.807) is 19.1 Å². The van der Waals surface area contributed by atoms with E-state index in [4.69, 9.17) is 4.98 Å². The molecule has 1 fully saturated rings. The number of aryl methyl sites for hydroxylation is 1. The second-order valence-electron chi connectivity index (χ2n) is 10.2. The van der Waals surface area contributed by atoms with Crippen LogP contribution in [-0.2, 0) is 11.3 Å². The van der Waals surface area contributed by atoms with E-state index in [0.717, 1.165) is 38.3 Å². The Hall–Kier alpha value is -3.26. The van der Waals surface area contributed by atoms with E-state index in [1.807, 2.05) is 32.0 Å². The fourth-order valence-electron chi connectivity index (χ4n) is 4.73. The lowest BCUT2D eigenvalue weighted by Gasteiger charge is -2.26. The minimum absolute atomic E-state index is 0.0677. The zero-order valence-corrected chi connectivity index (χ0v) is 21.8. The molecule has 7 nitrogen and oxygen atoms in total. The molecule has 0 saturated carbocycles. The van der Waals surface area contributed by atoms with Crippen molar-refractivity contribution in [2.75, 3.05) is 31.1 Å². The number of rotatable bonds is 6. The molecular weight excluding hydrogens is 457 g/mol. The molecule has 0 spiro atoms. The summed E-state index contributed by atoms with van der Waals surface area (Å²) >= 11 is 0. The first-order chi connectivity index (χ1) is 17.1. The summed E-state index contributed by atoms with van der Waals surface area (Å²) in [5.41, 5.74) is 2.15. The predicted octanol–water partition coefficient (Wildman–Crippen LogP) is 3.96. The van der Waals surface area contributed by atoms with E-state index in [9.17, 15) is 14.0 Å². The first-order valence-corrected chi connectivity index (χ1v) is 12.7. The fourth-order valence-corrected chi connectivity index (χ4v) is 4.73. The number of halogens is 1. The van der Waals surface area contributed by atoms with Crippen molar-refractivity contribution < 1.29 is 9.18 Å². The van der Waals surface area contributed by atoms with Gasteiger partial charge in [0.05, 0.1) is 10.9 Å². The topological polar surface area (TPSA) is 70.5 Å². The molecule has 1 N–H and O–H groups in total. The van der Waals surface area contributed by atoms with Crippen molar-refractivity contribution in [2.24, 2.45) is 0 Å². The lowest BCUT2D eigenvalue weighted by atomic mass is 10.1. The number of fused-ring (bicyclic) bond motifs is 1. The highest BCUT2D eigenvalue weighted by molar-refractivity contribution is 5.84. The predicted molar refractivity (Wildman–Crippen MR) is 143 cm³/mol. The van der Waals surface area contributed by atoms with Gasteiger partial charge in [0.1, 0.15) is 18.2 Å². The van der Waals surface area contributed by atoms with E-state index in [-0.39, 0.29) is 35.7 Å². The number of benzene rings is 2. The monoisotopic (exact) mass is 493 g/mol. The number of nitrogens with zero attached hydrogens (tertiary/aromatic N) is 4. The van der Waals surface area contributed by atoms with E-state index >= 15 is 0 Å². The Morgan fingerprint density at radius 1 is 1.06 bits per heavy atom. The largest absolute Gasteiger partial charge is 0.370 e. The first-order valence-electron chi connectivity index (χ1n) is 12.7. The highest BCUT2D eigenvalue weighted by atomic mass is 19.1. The minimum Gasteiger partial charge on any atom is -0.370 e. The second-order valence-corrected chi connectivity index (χ2v) is 10.2.